The third kappa shape index (κ3) is 8.39. The van der Waals surface area contributed by atoms with Crippen LogP contribution >= 0.6 is 0 Å². The van der Waals surface area contributed by atoms with Gasteiger partial charge in [-0.05, 0) is 13.3 Å². The van der Waals surface area contributed by atoms with Gasteiger partial charge in [0.15, 0.2) is 0 Å². The fourth-order valence-corrected chi connectivity index (χ4v) is 1.37. The number of ether oxygens (including phenoxy) is 2. The maximum atomic E-state index is 11.8. The lowest BCUT2D eigenvalue weighted by Gasteiger charge is -2.27. The van der Waals surface area contributed by atoms with Gasteiger partial charge in [-0.3, -0.25) is 4.79 Å². The van der Waals surface area contributed by atoms with Crippen molar-refractivity contribution in [1.29, 1.82) is 0 Å². The quantitative estimate of drug-likeness (QED) is 0.569. The molecule has 0 saturated heterocycles. The molecule has 0 bridgehead atoms. The molecule has 112 valence electrons. The Kier molecular flexibility index (Phi) is 9.82. The molecule has 0 heterocycles. The third-order valence-corrected chi connectivity index (χ3v) is 2.64. The van der Waals surface area contributed by atoms with Crippen LogP contribution in [0.25, 0.3) is 0 Å². The Bertz CT molecular complexity index is 273. The molecule has 0 aliphatic rings. The van der Waals surface area contributed by atoms with Gasteiger partial charge in [0, 0.05) is 19.7 Å². The lowest BCUT2D eigenvalue weighted by atomic mass is 10.2. The van der Waals surface area contributed by atoms with E-state index in [9.17, 15) is 9.59 Å². The van der Waals surface area contributed by atoms with Crippen LogP contribution in [0.3, 0.4) is 0 Å². The molecular weight excluding hydrogens is 252 g/mol. The number of rotatable bonds is 10. The summed E-state index contributed by atoms with van der Waals surface area (Å²) in [6.45, 7) is 5.11. The monoisotopic (exact) mass is 276 g/mol. The number of carboxylic acids is 1. The van der Waals surface area contributed by atoms with Crippen LogP contribution in [-0.4, -0.2) is 68.1 Å². The van der Waals surface area contributed by atoms with Gasteiger partial charge >= 0.3 is 12.0 Å². The molecule has 1 atom stereocenters. The number of aliphatic carboxylic acids is 1. The van der Waals surface area contributed by atoms with E-state index in [4.69, 9.17) is 14.6 Å². The maximum absolute atomic E-state index is 11.8. The number of hydrogen-bond donors (Lipinski definition) is 2. The van der Waals surface area contributed by atoms with E-state index >= 15 is 0 Å². The minimum absolute atomic E-state index is 0.120. The molecule has 0 aromatic carbocycles. The van der Waals surface area contributed by atoms with Crippen molar-refractivity contribution in [3.63, 3.8) is 0 Å². The molecular formula is C12H24N2O5. The normalized spacial score (nSPS) is 11.9. The predicted molar refractivity (Wildman–Crippen MR) is 70.2 cm³/mol. The average molecular weight is 276 g/mol. The van der Waals surface area contributed by atoms with Crippen molar-refractivity contribution in [2.24, 2.45) is 0 Å². The fraction of sp³-hybridized carbons (Fsp3) is 0.833. The van der Waals surface area contributed by atoms with Crippen LogP contribution in [0.15, 0.2) is 0 Å². The summed E-state index contributed by atoms with van der Waals surface area (Å²) in [4.78, 5) is 23.9. The molecule has 2 N–H and O–H groups in total. The van der Waals surface area contributed by atoms with Crippen molar-refractivity contribution in [3.05, 3.63) is 0 Å². The number of methoxy groups -OCH3 is 1. The zero-order chi connectivity index (χ0) is 14.7. The van der Waals surface area contributed by atoms with Crippen molar-refractivity contribution in [2.45, 2.75) is 26.3 Å². The van der Waals surface area contributed by atoms with Crippen LogP contribution < -0.4 is 5.32 Å². The lowest BCUT2D eigenvalue weighted by Crippen LogP contribution is -2.48. The summed E-state index contributed by atoms with van der Waals surface area (Å²) < 4.78 is 10.0. The van der Waals surface area contributed by atoms with E-state index in [2.05, 4.69) is 5.32 Å². The van der Waals surface area contributed by atoms with Gasteiger partial charge in [0.05, 0.1) is 19.8 Å². The molecule has 0 spiro atoms. The van der Waals surface area contributed by atoms with Crippen molar-refractivity contribution in [3.8, 4) is 0 Å². The van der Waals surface area contributed by atoms with E-state index in [1.807, 2.05) is 13.8 Å². The second-order valence-corrected chi connectivity index (χ2v) is 4.12. The summed E-state index contributed by atoms with van der Waals surface area (Å²) in [7, 11) is 1.58. The topological polar surface area (TPSA) is 88.1 Å². The van der Waals surface area contributed by atoms with Gasteiger partial charge < -0.3 is 24.8 Å². The molecule has 0 radical (unpaired) electrons. The highest BCUT2D eigenvalue weighted by Gasteiger charge is 2.20. The molecule has 2 amide bonds. The molecule has 7 heteroatoms. The average Bonchev–Trinajstić information content (AvgIpc) is 2.38. The second kappa shape index (κ2) is 10.6. The molecule has 0 aromatic rings. The van der Waals surface area contributed by atoms with Crippen LogP contribution in [-0.2, 0) is 14.3 Å². The largest absolute Gasteiger partial charge is 0.480 e. The molecule has 7 nitrogen and oxygen atoms in total. The number of amides is 2. The number of carbonyl (C=O) groups is 2. The Hall–Kier alpha value is -1.34. The van der Waals surface area contributed by atoms with E-state index in [0.717, 1.165) is 0 Å². The van der Waals surface area contributed by atoms with Gasteiger partial charge in [-0.25, -0.2) is 4.79 Å². The smallest absolute Gasteiger partial charge is 0.323 e. The first-order chi connectivity index (χ1) is 9.02. The zero-order valence-electron chi connectivity index (χ0n) is 11.8. The lowest BCUT2D eigenvalue weighted by molar-refractivity contribution is -0.138. The summed E-state index contributed by atoms with van der Waals surface area (Å²) in [6, 6.07) is -0.502. The van der Waals surface area contributed by atoms with E-state index in [-0.39, 0.29) is 18.6 Å². The number of nitrogens with zero attached hydrogens (tertiary/aromatic N) is 1. The maximum Gasteiger partial charge on any atom is 0.323 e. The highest BCUT2D eigenvalue weighted by Crippen LogP contribution is 2.03. The Labute approximate surface area is 113 Å². The van der Waals surface area contributed by atoms with Crippen molar-refractivity contribution < 1.29 is 24.2 Å². The Morgan fingerprint density at radius 3 is 2.53 bits per heavy atom. The van der Waals surface area contributed by atoms with Crippen LogP contribution in [0, 0.1) is 0 Å². The Morgan fingerprint density at radius 2 is 2.00 bits per heavy atom. The highest BCUT2D eigenvalue weighted by atomic mass is 16.5. The second-order valence-electron chi connectivity index (χ2n) is 4.12. The number of carboxylic acid groups (broad SMARTS) is 1. The summed E-state index contributed by atoms with van der Waals surface area (Å²) in [5.74, 6) is -1.02. The van der Waals surface area contributed by atoms with E-state index in [0.29, 0.717) is 32.8 Å². The molecule has 0 aliphatic heterocycles. The van der Waals surface area contributed by atoms with E-state index < -0.39 is 5.97 Å². The van der Waals surface area contributed by atoms with Crippen LogP contribution in [0.2, 0.25) is 0 Å². The number of urea groups is 1. The van der Waals surface area contributed by atoms with Gasteiger partial charge in [-0.2, -0.15) is 0 Å². The van der Waals surface area contributed by atoms with Gasteiger partial charge in [0.2, 0.25) is 0 Å². The molecule has 0 rings (SSSR count). The van der Waals surface area contributed by atoms with Crippen LogP contribution in [0.4, 0.5) is 4.79 Å². The summed E-state index contributed by atoms with van der Waals surface area (Å²) in [5.41, 5.74) is 0. The fourth-order valence-electron chi connectivity index (χ4n) is 1.37. The standard InChI is InChI=1S/C12H24N2O5/c1-4-10(2)14(9-11(15)16)12(17)13-5-6-19-8-7-18-3/h10H,4-9H2,1-3H3,(H,13,17)(H,15,16). The molecule has 19 heavy (non-hydrogen) atoms. The molecule has 1 unspecified atom stereocenters. The minimum atomic E-state index is -1.02. The number of nitrogens with one attached hydrogen (secondary N) is 1. The van der Waals surface area contributed by atoms with Crippen molar-refractivity contribution in [1.82, 2.24) is 10.2 Å². The Balaban J connectivity index is 4.00. The molecule has 0 fully saturated rings. The van der Waals surface area contributed by atoms with Crippen LogP contribution in [0.5, 0.6) is 0 Å². The molecule has 0 aromatic heterocycles. The van der Waals surface area contributed by atoms with Crippen LogP contribution in [0.1, 0.15) is 20.3 Å². The van der Waals surface area contributed by atoms with E-state index in [1.165, 1.54) is 4.90 Å². The predicted octanol–water partition coefficient (Wildman–Crippen LogP) is 0.544. The first kappa shape index (κ1) is 17.7. The molecule has 0 aliphatic carbocycles. The SMILES string of the molecule is CCC(C)N(CC(=O)O)C(=O)NCCOCCOC. The van der Waals surface area contributed by atoms with Gasteiger partial charge in [0.25, 0.3) is 0 Å². The zero-order valence-corrected chi connectivity index (χ0v) is 11.8. The molecule has 0 saturated carbocycles. The highest BCUT2D eigenvalue weighted by molar-refractivity contribution is 5.80. The van der Waals surface area contributed by atoms with Crippen molar-refractivity contribution >= 4 is 12.0 Å². The van der Waals surface area contributed by atoms with Gasteiger partial charge in [0.1, 0.15) is 6.54 Å². The minimum Gasteiger partial charge on any atom is -0.480 e. The van der Waals surface area contributed by atoms with Gasteiger partial charge in [-0.1, -0.05) is 6.92 Å². The first-order valence-corrected chi connectivity index (χ1v) is 6.35. The summed E-state index contributed by atoms with van der Waals surface area (Å²) in [5, 5.41) is 11.4. The first-order valence-electron chi connectivity index (χ1n) is 6.35. The van der Waals surface area contributed by atoms with E-state index in [1.54, 1.807) is 7.11 Å². The Morgan fingerprint density at radius 1 is 1.32 bits per heavy atom. The van der Waals surface area contributed by atoms with Gasteiger partial charge in [-0.15, -0.1) is 0 Å². The third-order valence-electron chi connectivity index (χ3n) is 2.64. The summed E-state index contributed by atoms with van der Waals surface area (Å²) in [6.07, 6.45) is 0.699. The number of hydrogen-bond acceptors (Lipinski definition) is 4. The summed E-state index contributed by atoms with van der Waals surface area (Å²) >= 11 is 0. The number of carbonyl (C=O) groups excluding carboxylic acids is 1. The van der Waals surface area contributed by atoms with Crippen molar-refractivity contribution in [2.75, 3.05) is 40.0 Å².